The van der Waals surface area contributed by atoms with E-state index in [0.29, 0.717) is 6.10 Å². The standard InChI is InChI=1S/C16H24O2/c1-11-5-4-6-14(9-11)18-16-8-7-12(2)10-15(16)13(3)17/h7-8,10-11,13-14,17H,4-6,9H2,1-3H3/t11?,13-,14?/m0/s1. The molecule has 1 N–H and O–H groups in total. The summed E-state index contributed by atoms with van der Waals surface area (Å²) in [6, 6.07) is 6.07. The van der Waals surface area contributed by atoms with E-state index in [4.69, 9.17) is 4.74 Å². The first-order valence-electron chi connectivity index (χ1n) is 7.01. The van der Waals surface area contributed by atoms with Crippen LogP contribution in [0.1, 0.15) is 56.8 Å². The molecule has 0 spiro atoms. The molecule has 100 valence electrons. The first kappa shape index (κ1) is 13.4. The predicted octanol–water partition coefficient (Wildman–Crippen LogP) is 4.01. The Morgan fingerprint density at radius 1 is 1.33 bits per heavy atom. The third-order valence-corrected chi connectivity index (χ3v) is 3.80. The Morgan fingerprint density at radius 2 is 2.11 bits per heavy atom. The van der Waals surface area contributed by atoms with E-state index in [2.05, 4.69) is 6.92 Å². The van der Waals surface area contributed by atoms with Gasteiger partial charge < -0.3 is 9.84 Å². The van der Waals surface area contributed by atoms with E-state index in [0.717, 1.165) is 35.6 Å². The van der Waals surface area contributed by atoms with Crippen molar-refractivity contribution in [1.82, 2.24) is 0 Å². The summed E-state index contributed by atoms with van der Waals surface area (Å²) in [4.78, 5) is 0. The van der Waals surface area contributed by atoms with Crippen molar-refractivity contribution < 1.29 is 9.84 Å². The van der Waals surface area contributed by atoms with Gasteiger partial charge in [-0.2, -0.15) is 0 Å². The molecule has 0 amide bonds. The molecular weight excluding hydrogens is 224 g/mol. The van der Waals surface area contributed by atoms with Crippen LogP contribution in [0.15, 0.2) is 18.2 Å². The quantitative estimate of drug-likeness (QED) is 0.876. The molecule has 1 aromatic carbocycles. The maximum Gasteiger partial charge on any atom is 0.125 e. The topological polar surface area (TPSA) is 29.5 Å². The fraction of sp³-hybridized carbons (Fsp3) is 0.625. The van der Waals surface area contributed by atoms with Crippen molar-refractivity contribution in [3.63, 3.8) is 0 Å². The second-order valence-corrected chi connectivity index (χ2v) is 5.73. The summed E-state index contributed by atoms with van der Waals surface area (Å²) in [7, 11) is 0. The summed E-state index contributed by atoms with van der Waals surface area (Å²) in [5.74, 6) is 1.61. The van der Waals surface area contributed by atoms with Gasteiger partial charge in [0.25, 0.3) is 0 Å². The first-order chi connectivity index (χ1) is 8.56. The fourth-order valence-electron chi connectivity index (χ4n) is 2.77. The van der Waals surface area contributed by atoms with Crippen LogP contribution in [0.4, 0.5) is 0 Å². The van der Waals surface area contributed by atoms with E-state index in [1.807, 2.05) is 25.1 Å². The summed E-state index contributed by atoms with van der Waals surface area (Å²) in [6.45, 7) is 6.13. The molecule has 18 heavy (non-hydrogen) atoms. The van der Waals surface area contributed by atoms with Gasteiger partial charge in [0, 0.05) is 5.56 Å². The van der Waals surface area contributed by atoms with Gasteiger partial charge in [0.05, 0.1) is 12.2 Å². The Morgan fingerprint density at radius 3 is 2.78 bits per heavy atom. The lowest BCUT2D eigenvalue weighted by Crippen LogP contribution is -2.24. The monoisotopic (exact) mass is 248 g/mol. The lowest BCUT2D eigenvalue weighted by Gasteiger charge is -2.28. The highest BCUT2D eigenvalue weighted by Gasteiger charge is 2.21. The van der Waals surface area contributed by atoms with Gasteiger partial charge >= 0.3 is 0 Å². The van der Waals surface area contributed by atoms with Crippen molar-refractivity contribution >= 4 is 0 Å². The van der Waals surface area contributed by atoms with Crippen LogP contribution in [-0.4, -0.2) is 11.2 Å². The van der Waals surface area contributed by atoms with Crippen LogP contribution < -0.4 is 4.74 Å². The van der Waals surface area contributed by atoms with E-state index in [1.165, 1.54) is 12.8 Å². The molecule has 0 saturated heterocycles. The number of hydrogen-bond donors (Lipinski definition) is 1. The molecule has 0 aromatic heterocycles. The summed E-state index contributed by atoms with van der Waals surface area (Å²) in [5, 5.41) is 9.83. The summed E-state index contributed by atoms with van der Waals surface area (Å²) in [5.41, 5.74) is 2.07. The summed E-state index contributed by atoms with van der Waals surface area (Å²) in [6.07, 6.45) is 4.68. The maximum atomic E-state index is 9.83. The summed E-state index contributed by atoms with van der Waals surface area (Å²) >= 11 is 0. The molecule has 2 unspecified atom stereocenters. The Balaban J connectivity index is 2.12. The number of aliphatic hydroxyl groups excluding tert-OH is 1. The predicted molar refractivity (Wildman–Crippen MR) is 73.9 cm³/mol. The molecule has 2 rings (SSSR count). The van der Waals surface area contributed by atoms with Crippen LogP contribution in [0, 0.1) is 12.8 Å². The SMILES string of the molecule is Cc1ccc(OC2CCCC(C)C2)c([C@H](C)O)c1. The van der Waals surface area contributed by atoms with E-state index in [1.54, 1.807) is 6.92 Å². The van der Waals surface area contributed by atoms with Crippen molar-refractivity contribution in [2.75, 3.05) is 0 Å². The zero-order valence-electron chi connectivity index (χ0n) is 11.6. The summed E-state index contributed by atoms with van der Waals surface area (Å²) < 4.78 is 6.11. The second kappa shape index (κ2) is 5.75. The van der Waals surface area contributed by atoms with Crippen molar-refractivity contribution in [2.45, 2.75) is 58.7 Å². The molecule has 2 nitrogen and oxygen atoms in total. The van der Waals surface area contributed by atoms with Gasteiger partial charge in [-0.15, -0.1) is 0 Å². The molecule has 1 aliphatic carbocycles. The molecule has 2 heteroatoms. The molecule has 0 heterocycles. The van der Waals surface area contributed by atoms with Crippen LogP contribution in [0.2, 0.25) is 0 Å². The zero-order valence-corrected chi connectivity index (χ0v) is 11.6. The third-order valence-electron chi connectivity index (χ3n) is 3.80. The van der Waals surface area contributed by atoms with Gasteiger partial charge in [0.2, 0.25) is 0 Å². The first-order valence-corrected chi connectivity index (χ1v) is 7.01. The van der Waals surface area contributed by atoms with E-state index in [-0.39, 0.29) is 0 Å². The minimum atomic E-state index is -0.471. The van der Waals surface area contributed by atoms with Crippen molar-refractivity contribution in [1.29, 1.82) is 0 Å². The molecular formula is C16H24O2. The van der Waals surface area contributed by atoms with Crippen LogP contribution in [-0.2, 0) is 0 Å². The second-order valence-electron chi connectivity index (χ2n) is 5.73. The number of aryl methyl sites for hydroxylation is 1. The Bertz CT molecular complexity index is 398. The van der Waals surface area contributed by atoms with Crippen LogP contribution in [0.25, 0.3) is 0 Å². The van der Waals surface area contributed by atoms with Crippen molar-refractivity contribution in [3.05, 3.63) is 29.3 Å². The number of rotatable bonds is 3. The number of ether oxygens (including phenoxy) is 1. The highest BCUT2D eigenvalue weighted by atomic mass is 16.5. The molecule has 1 saturated carbocycles. The van der Waals surface area contributed by atoms with E-state index >= 15 is 0 Å². The molecule has 0 radical (unpaired) electrons. The Kier molecular flexibility index (Phi) is 4.28. The highest BCUT2D eigenvalue weighted by molar-refractivity contribution is 5.38. The zero-order chi connectivity index (χ0) is 13.1. The number of hydrogen-bond acceptors (Lipinski definition) is 2. The molecule has 0 bridgehead atoms. The lowest BCUT2D eigenvalue weighted by atomic mass is 9.88. The third kappa shape index (κ3) is 3.26. The smallest absolute Gasteiger partial charge is 0.125 e. The van der Waals surface area contributed by atoms with Gasteiger partial charge in [-0.3, -0.25) is 0 Å². The largest absolute Gasteiger partial charge is 0.490 e. The van der Waals surface area contributed by atoms with Gasteiger partial charge in [-0.05, 0) is 51.2 Å². The van der Waals surface area contributed by atoms with Gasteiger partial charge in [-0.25, -0.2) is 0 Å². The molecule has 1 fully saturated rings. The van der Waals surface area contributed by atoms with Gasteiger partial charge in [-0.1, -0.05) is 25.0 Å². The average Bonchev–Trinajstić information content (AvgIpc) is 2.31. The Hall–Kier alpha value is -1.02. The highest BCUT2D eigenvalue weighted by Crippen LogP contribution is 2.31. The number of aliphatic hydroxyl groups is 1. The van der Waals surface area contributed by atoms with Crippen molar-refractivity contribution in [2.24, 2.45) is 5.92 Å². The van der Waals surface area contributed by atoms with Gasteiger partial charge in [0.1, 0.15) is 5.75 Å². The van der Waals surface area contributed by atoms with Crippen LogP contribution >= 0.6 is 0 Å². The van der Waals surface area contributed by atoms with Gasteiger partial charge in [0.15, 0.2) is 0 Å². The Labute approximate surface area is 110 Å². The molecule has 1 aliphatic rings. The average molecular weight is 248 g/mol. The van der Waals surface area contributed by atoms with E-state index in [9.17, 15) is 5.11 Å². The molecule has 0 aliphatic heterocycles. The van der Waals surface area contributed by atoms with Crippen LogP contribution in [0.5, 0.6) is 5.75 Å². The number of benzene rings is 1. The van der Waals surface area contributed by atoms with E-state index < -0.39 is 6.10 Å². The molecule has 3 atom stereocenters. The lowest BCUT2D eigenvalue weighted by molar-refractivity contribution is 0.121. The van der Waals surface area contributed by atoms with Crippen LogP contribution in [0.3, 0.4) is 0 Å². The minimum Gasteiger partial charge on any atom is -0.490 e. The maximum absolute atomic E-state index is 9.83. The minimum absolute atomic E-state index is 0.314. The van der Waals surface area contributed by atoms with Crippen molar-refractivity contribution in [3.8, 4) is 5.75 Å². The molecule has 1 aromatic rings. The fourth-order valence-corrected chi connectivity index (χ4v) is 2.77. The normalized spacial score (nSPS) is 25.8.